The third kappa shape index (κ3) is 5.30. The van der Waals surface area contributed by atoms with Gasteiger partial charge in [-0.15, -0.1) is 0 Å². The highest BCUT2D eigenvalue weighted by molar-refractivity contribution is 5.84. The van der Waals surface area contributed by atoms with E-state index in [1.807, 2.05) is 32.0 Å². The van der Waals surface area contributed by atoms with Crippen LogP contribution >= 0.6 is 0 Å². The van der Waals surface area contributed by atoms with Crippen molar-refractivity contribution in [3.63, 3.8) is 0 Å². The second-order valence-electron chi connectivity index (χ2n) is 4.54. The van der Waals surface area contributed by atoms with Gasteiger partial charge in [-0.2, -0.15) is 0 Å². The molecular weight excluding hydrogens is 258 g/mol. The summed E-state index contributed by atoms with van der Waals surface area (Å²) in [6.07, 6.45) is 1.99. The van der Waals surface area contributed by atoms with Gasteiger partial charge in [-0.25, -0.2) is 4.79 Å². The van der Waals surface area contributed by atoms with Gasteiger partial charge in [0.05, 0.1) is 0 Å². The molecule has 0 aliphatic heterocycles. The van der Waals surface area contributed by atoms with Crippen LogP contribution in [0.1, 0.15) is 32.3 Å². The molecule has 0 aliphatic rings. The molecule has 0 aliphatic carbocycles. The van der Waals surface area contributed by atoms with E-state index in [0.29, 0.717) is 18.6 Å². The Morgan fingerprint density at radius 1 is 1.35 bits per heavy atom. The Balaban J connectivity index is 2.47. The molecule has 1 atom stereocenters. The van der Waals surface area contributed by atoms with Crippen LogP contribution in [0.5, 0.6) is 5.75 Å². The highest BCUT2D eigenvalue weighted by atomic mass is 16.5. The molecule has 0 radical (unpaired) electrons. The van der Waals surface area contributed by atoms with Gasteiger partial charge in [0, 0.05) is 0 Å². The molecule has 20 heavy (non-hydrogen) atoms. The molecule has 0 fully saturated rings. The summed E-state index contributed by atoms with van der Waals surface area (Å²) in [5, 5.41) is 11.4. The zero-order valence-electron chi connectivity index (χ0n) is 11.9. The molecule has 1 aromatic carbocycles. The molecule has 1 aromatic rings. The summed E-state index contributed by atoms with van der Waals surface area (Å²) in [4.78, 5) is 22.6. The van der Waals surface area contributed by atoms with Crippen molar-refractivity contribution in [3.05, 3.63) is 29.8 Å². The van der Waals surface area contributed by atoms with Gasteiger partial charge < -0.3 is 15.2 Å². The summed E-state index contributed by atoms with van der Waals surface area (Å²) in [7, 11) is 0. The number of ether oxygens (including phenoxy) is 1. The van der Waals surface area contributed by atoms with Crippen molar-refractivity contribution in [2.24, 2.45) is 0 Å². The molecule has 0 unspecified atom stereocenters. The van der Waals surface area contributed by atoms with E-state index < -0.39 is 17.9 Å². The lowest BCUT2D eigenvalue weighted by Gasteiger charge is -2.14. The molecule has 0 spiro atoms. The minimum Gasteiger partial charge on any atom is -0.484 e. The number of carbonyl (C=O) groups is 2. The van der Waals surface area contributed by atoms with Gasteiger partial charge in [-0.3, -0.25) is 4.79 Å². The summed E-state index contributed by atoms with van der Waals surface area (Å²) in [6.45, 7) is 3.73. The van der Waals surface area contributed by atoms with Crippen LogP contribution in [0.2, 0.25) is 0 Å². The van der Waals surface area contributed by atoms with Crippen LogP contribution in [0.25, 0.3) is 0 Å². The average molecular weight is 279 g/mol. The molecule has 0 aromatic heterocycles. The molecule has 2 N–H and O–H groups in total. The minimum atomic E-state index is -1.02. The molecule has 5 heteroatoms. The number of rotatable bonds is 8. The van der Waals surface area contributed by atoms with Crippen molar-refractivity contribution in [2.45, 2.75) is 39.2 Å². The molecule has 5 nitrogen and oxygen atoms in total. The van der Waals surface area contributed by atoms with E-state index in [9.17, 15) is 9.59 Å². The second-order valence-corrected chi connectivity index (χ2v) is 4.54. The molecular formula is C15H21NO4. The van der Waals surface area contributed by atoms with E-state index in [0.717, 1.165) is 12.0 Å². The second kappa shape index (κ2) is 8.19. The first-order valence-corrected chi connectivity index (χ1v) is 6.80. The molecule has 1 amide bonds. The number of nitrogens with one attached hydrogen (secondary N) is 1. The fourth-order valence-corrected chi connectivity index (χ4v) is 1.79. The maximum Gasteiger partial charge on any atom is 0.326 e. The molecule has 0 saturated heterocycles. The van der Waals surface area contributed by atoms with E-state index in [2.05, 4.69) is 5.32 Å². The summed E-state index contributed by atoms with van der Waals surface area (Å²) in [5.41, 5.74) is 1.12. The van der Waals surface area contributed by atoms with Gasteiger partial charge >= 0.3 is 5.97 Å². The number of aliphatic carboxylic acids is 1. The lowest BCUT2D eigenvalue weighted by atomic mass is 10.1. The number of carboxylic acids is 1. The molecule has 0 heterocycles. The van der Waals surface area contributed by atoms with Crippen molar-refractivity contribution in [2.75, 3.05) is 6.61 Å². The van der Waals surface area contributed by atoms with Crippen LogP contribution in [0, 0.1) is 0 Å². The highest BCUT2D eigenvalue weighted by Crippen LogP contribution is 2.13. The molecule has 0 bridgehead atoms. The predicted octanol–water partition coefficient (Wildman–Crippen LogP) is 2.00. The number of carboxylic acid groups (broad SMARTS) is 1. The average Bonchev–Trinajstić information content (AvgIpc) is 2.44. The van der Waals surface area contributed by atoms with Crippen molar-refractivity contribution >= 4 is 11.9 Å². The van der Waals surface area contributed by atoms with Crippen LogP contribution in [-0.2, 0) is 16.0 Å². The molecule has 1 rings (SSSR count). The summed E-state index contributed by atoms with van der Waals surface area (Å²) in [6, 6.07) is 6.64. The SMILES string of the molecule is CCC[C@@H](NC(=O)COc1cccc(CC)c1)C(=O)O. The topological polar surface area (TPSA) is 75.6 Å². The largest absolute Gasteiger partial charge is 0.484 e. The zero-order valence-corrected chi connectivity index (χ0v) is 11.9. The Bertz CT molecular complexity index is 459. The Hall–Kier alpha value is -2.04. The Kier molecular flexibility index (Phi) is 6.56. The third-order valence-corrected chi connectivity index (χ3v) is 2.89. The van der Waals surface area contributed by atoms with Gasteiger partial charge in [0.2, 0.25) is 0 Å². The van der Waals surface area contributed by atoms with Gasteiger partial charge in [-0.05, 0) is 30.5 Å². The van der Waals surface area contributed by atoms with Crippen LogP contribution in [0.4, 0.5) is 0 Å². The number of amides is 1. The first-order chi connectivity index (χ1) is 9.56. The monoisotopic (exact) mass is 279 g/mol. The van der Waals surface area contributed by atoms with Crippen molar-refractivity contribution in [3.8, 4) is 5.75 Å². The minimum absolute atomic E-state index is 0.180. The first kappa shape index (κ1) is 16.0. The smallest absolute Gasteiger partial charge is 0.326 e. The lowest BCUT2D eigenvalue weighted by Crippen LogP contribution is -2.42. The van der Waals surface area contributed by atoms with Crippen molar-refractivity contribution < 1.29 is 19.4 Å². The molecule has 110 valence electrons. The number of hydrogen-bond donors (Lipinski definition) is 2. The fraction of sp³-hybridized carbons (Fsp3) is 0.467. The predicted molar refractivity (Wildman–Crippen MR) is 75.8 cm³/mol. The Morgan fingerprint density at radius 2 is 2.10 bits per heavy atom. The molecule has 0 saturated carbocycles. The lowest BCUT2D eigenvalue weighted by molar-refractivity contribution is -0.142. The number of aryl methyl sites for hydroxylation is 1. The van der Waals surface area contributed by atoms with Gasteiger partial charge in [0.25, 0.3) is 5.91 Å². The summed E-state index contributed by atoms with van der Waals surface area (Å²) in [5.74, 6) is -0.831. The van der Waals surface area contributed by atoms with Crippen LogP contribution in [0.3, 0.4) is 0 Å². The third-order valence-electron chi connectivity index (χ3n) is 2.89. The maximum atomic E-state index is 11.7. The quantitative estimate of drug-likeness (QED) is 0.763. The van der Waals surface area contributed by atoms with E-state index in [1.165, 1.54) is 0 Å². The standard InChI is InChI=1S/C15H21NO4/c1-3-6-13(15(18)19)16-14(17)10-20-12-8-5-7-11(4-2)9-12/h5,7-9,13H,3-4,6,10H2,1-2H3,(H,16,17)(H,18,19)/t13-/m1/s1. The van der Waals surface area contributed by atoms with Crippen LogP contribution in [-0.4, -0.2) is 29.6 Å². The number of benzene rings is 1. The van der Waals surface area contributed by atoms with Crippen LogP contribution in [0.15, 0.2) is 24.3 Å². The van der Waals surface area contributed by atoms with E-state index in [1.54, 1.807) is 6.07 Å². The first-order valence-electron chi connectivity index (χ1n) is 6.80. The zero-order chi connectivity index (χ0) is 15.0. The van der Waals surface area contributed by atoms with Gasteiger partial charge in [0.1, 0.15) is 11.8 Å². The van der Waals surface area contributed by atoms with Crippen molar-refractivity contribution in [1.29, 1.82) is 0 Å². The van der Waals surface area contributed by atoms with E-state index in [-0.39, 0.29) is 6.61 Å². The number of hydrogen-bond acceptors (Lipinski definition) is 3. The number of carbonyl (C=O) groups excluding carboxylic acids is 1. The van der Waals surface area contributed by atoms with Crippen molar-refractivity contribution in [1.82, 2.24) is 5.32 Å². The Morgan fingerprint density at radius 3 is 2.70 bits per heavy atom. The summed E-state index contributed by atoms with van der Waals surface area (Å²) >= 11 is 0. The van der Waals surface area contributed by atoms with Gasteiger partial charge in [0.15, 0.2) is 6.61 Å². The fourth-order valence-electron chi connectivity index (χ4n) is 1.79. The highest BCUT2D eigenvalue weighted by Gasteiger charge is 2.18. The van der Waals surface area contributed by atoms with Crippen LogP contribution < -0.4 is 10.1 Å². The van der Waals surface area contributed by atoms with E-state index >= 15 is 0 Å². The Labute approximate surface area is 118 Å². The van der Waals surface area contributed by atoms with E-state index in [4.69, 9.17) is 9.84 Å². The van der Waals surface area contributed by atoms with Gasteiger partial charge in [-0.1, -0.05) is 32.4 Å². The maximum absolute atomic E-state index is 11.7. The normalized spacial score (nSPS) is 11.7. The summed E-state index contributed by atoms with van der Waals surface area (Å²) < 4.78 is 5.36.